The molecule has 2 heterocycles. The summed E-state index contributed by atoms with van der Waals surface area (Å²) in [4.78, 5) is 18.9. The van der Waals surface area contributed by atoms with Crippen molar-refractivity contribution in [2.24, 2.45) is 4.99 Å². The van der Waals surface area contributed by atoms with Gasteiger partial charge >= 0.3 is 0 Å². The average Bonchev–Trinajstić information content (AvgIpc) is 2.83. The molecule has 1 saturated heterocycles. The van der Waals surface area contributed by atoms with Gasteiger partial charge in [-0.2, -0.15) is 0 Å². The smallest absolute Gasteiger partial charge is 0.272 e. The molecule has 178 valence electrons. The second-order valence-corrected chi connectivity index (χ2v) is 8.76. The van der Waals surface area contributed by atoms with Gasteiger partial charge in [-0.3, -0.25) is 9.79 Å². The van der Waals surface area contributed by atoms with E-state index in [9.17, 15) is 4.79 Å². The van der Waals surface area contributed by atoms with Crippen molar-refractivity contribution < 1.29 is 9.53 Å². The van der Waals surface area contributed by atoms with Crippen LogP contribution in [0.4, 0.5) is 0 Å². The summed E-state index contributed by atoms with van der Waals surface area (Å²) >= 11 is 0. The second kappa shape index (κ2) is 12.0. The van der Waals surface area contributed by atoms with Crippen LogP contribution in [0.25, 0.3) is 5.57 Å². The maximum Gasteiger partial charge on any atom is 0.272 e. The fourth-order valence-corrected chi connectivity index (χ4v) is 4.74. The molecular formula is C28H39N3O2. The molecule has 0 bridgehead atoms. The van der Waals surface area contributed by atoms with Crippen molar-refractivity contribution in [2.75, 3.05) is 26.2 Å². The maximum absolute atomic E-state index is 12.8. The van der Waals surface area contributed by atoms with E-state index in [-0.39, 0.29) is 11.5 Å². The lowest BCUT2D eigenvalue weighted by Crippen LogP contribution is -2.46. The Morgan fingerprint density at radius 1 is 1.24 bits per heavy atom. The number of hydrogen-bond donors (Lipinski definition) is 1. The Morgan fingerprint density at radius 3 is 2.67 bits per heavy atom. The quantitative estimate of drug-likeness (QED) is 0.492. The molecule has 33 heavy (non-hydrogen) atoms. The number of unbranched alkanes of at least 4 members (excludes halogenated alkanes) is 1. The van der Waals surface area contributed by atoms with E-state index in [1.165, 1.54) is 22.9 Å². The predicted octanol–water partition coefficient (Wildman–Crippen LogP) is 5.33. The average molecular weight is 450 g/mol. The van der Waals surface area contributed by atoms with E-state index in [4.69, 9.17) is 4.74 Å². The highest BCUT2D eigenvalue weighted by Gasteiger charge is 2.37. The lowest BCUT2D eigenvalue weighted by Gasteiger charge is -2.40. The Morgan fingerprint density at radius 2 is 2.00 bits per heavy atom. The Bertz CT molecular complexity index is 919. The van der Waals surface area contributed by atoms with Crippen LogP contribution in [0.2, 0.25) is 0 Å². The van der Waals surface area contributed by atoms with Crippen molar-refractivity contribution in [3.63, 3.8) is 0 Å². The molecule has 0 atom stereocenters. The summed E-state index contributed by atoms with van der Waals surface area (Å²) in [6.45, 7) is 13.1. The highest BCUT2D eigenvalue weighted by Crippen LogP contribution is 2.43. The van der Waals surface area contributed by atoms with E-state index in [0.717, 1.165) is 57.4 Å². The second-order valence-electron chi connectivity index (χ2n) is 8.76. The van der Waals surface area contributed by atoms with Crippen molar-refractivity contribution in [1.82, 2.24) is 10.2 Å². The third-order valence-corrected chi connectivity index (χ3v) is 6.55. The summed E-state index contributed by atoms with van der Waals surface area (Å²) in [6, 6.07) is 6.46. The van der Waals surface area contributed by atoms with Gasteiger partial charge in [0, 0.05) is 37.7 Å². The highest BCUT2D eigenvalue weighted by molar-refractivity contribution is 6.43. The standard InChI is InChI=1S/C28H39N3O2/c1-5-9-12-22-13-11-16-25-26(22)23(21-28(33-25)17-19-29-20-18-28)14-10-15-24(30-6-2)27(32)31(7-3)8-4/h6,10-11,13,15-16,21,29H,2,5,7-9,12,14,17-20H2,1,3-4H3/b15-10-,30-24?. The van der Waals surface area contributed by atoms with Gasteiger partial charge in [-0.25, -0.2) is 0 Å². The Hall–Kier alpha value is -2.66. The van der Waals surface area contributed by atoms with E-state index < -0.39 is 0 Å². The molecule has 0 radical (unpaired) electrons. The number of fused-ring (bicyclic) bond motifs is 1. The summed E-state index contributed by atoms with van der Waals surface area (Å²) in [5.74, 6) is 0.937. The first-order valence-electron chi connectivity index (χ1n) is 12.5. The Kier molecular flexibility index (Phi) is 9.07. The summed E-state index contributed by atoms with van der Waals surface area (Å²) in [6.07, 6.45) is 13.7. The molecule has 3 rings (SSSR count). The SMILES string of the molecule is C=CN=C(/C=C\CC1=CC2(CCNCC2)Oc2cccc(CCCC)c21)C(=O)N(CC)CC. The van der Waals surface area contributed by atoms with Gasteiger partial charge in [0.05, 0.1) is 0 Å². The van der Waals surface area contributed by atoms with Gasteiger partial charge in [-0.15, -0.1) is 0 Å². The molecule has 1 N–H and O–H groups in total. The number of carbonyl (C=O) groups excluding carboxylic acids is 1. The first-order chi connectivity index (χ1) is 16.1. The van der Waals surface area contributed by atoms with Crippen LogP contribution in [0.15, 0.2) is 54.2 Å². The zero-order valence-electron chi connectivity index (χ0n) is 20.5. The molecule has 1 aromatic rings. The van der Waals surface area contributed by atoms with Crippen LogP contribution in [0.3, 0.4) is 0 Å². The van der Waals surface area contributed by atoms with Crippen molar-refractivity contribution in [1.29, 1.82) is 0 Å². The first kappa shape index (κ1) is 25.0. The van der Waals surface area contributed by atoms with Gasteiger partial charge < -0.3 is 15.0 Å². The number of carbonyl (C=O) groups is 1. The number of nitrogens with zero attached hydrogens (tertiary/aromatic N) is 2. The molecule has 0 saturated carbocycles. The lowest BCUT2D eigenvalue weighted by atomic mass is 9.82. The number of allylic oxidation sites excluding steroid dienone is 2. The summed E-state index contributed by atoms with van der Waals surface area (Å²) in [5, 5.41) is 3.45. The Labute approximate surface area is 199 Å². The minimum absolute atomic E-state index is 0.0593. The van der Waals surface area contributed by atoms with Crippen molar-refractivity contribution in [3.05, 3.63) is 60.3 Å². The van der Waals surface area contributed by atoms with Crippen LogP contribution in [0, 0.1) is 0 Å². The zero-order chi connectivity index (χ0) is 23.7. The highest BCUT2D eigenvalue weighted by atomic mass is 16.5. The summed E-state index contributed by atoms with van der Waals surface area (Å²) < 4.78 is 6.64. The molecule has 2 aliphatic rings. The Balaban J connectivity index is 1.92. The number of rotatable bonds is 10. The van der Waals surface area contributed by atoms with E-state index in [1.807, 2.05) is 19.9 Å². The van der Waals surface area contributed by atoms with Gasteiger partial charge in [0.2, 0.25) is 0 Å². The number of hydrogen-bond acceptors (Lipinski definition) is 4. The van der Waals surface area contributed by atoms with Gasteiger partial charge in [0.15, 0.2) is 0 Å². The van der Waals surface area contributed by atoms with Crippen LogP contribution in [0.5, 0.6) is 5.75 Å². The number of ether oxygens (including phenoxy) is 1. The number of nitrogens with one attached hydrogen (secondary N) is 1. The fourth-order valence-electron chi connectivity index (χ4n) is 4.74. The normalized spacial score (nSPS) is 17.4. The minimum Gasteiger partial charge on any atom is -0.482 e. The van der Waals surface area contributed by atoms with Crippen molar-refractivity contribution >= 4 is 17.2 Å². The number of piperidine rings is 1. The van der Waals surface area contributed by atoms with Gasteiger partial charge in [-0.05, 0) is 75.6 Å². The molecule has 1 fully saturated rings. The van der Waals surface area contributed by atoms with E-state index >= 15 is 0 Å². The zero-order valence-corrected chi connectivity index (χ0v) is 20.5. The molecule has 0 unspecified atom stereocenters. The lowest BCUT2D eigenvalue weighted by molar-refractivity contribution is -0.123. The van der Waals surface area contributed by atoms with E-state index in [2.05, 4.69) is 54.2 Å². The summed E-state index contributed by atoms with van der Waals surface area (Å²) in [7, 11) is 0. The van der Waals surface area contributed by atoms with Gasteiger partial charge in [-0.1, -0.05) is 38.1 Å². The fraction of sp³-hybridized carbons (Fsp3) is 0.500. The maximum atomic E-state index is 12.8. The van der Waals surface area contributed by atoms with E-state index in [1.54, 1.807) is 4.90 Å². The third kappa shape index (κ3) is 6.02. The number of aryl methyl sites for hydroxylation is 1. The van der Waals surface area contributed by atoms with Gasteiger partial charge in [0.25, 0.3) is 5.91 Å². The largest absolute Gasteiger partial charge is 0.482 e. The van der Waals surface area contributed by atoms with Crippen LogP contribution in [-0.2, 0) is 11.2 Å². The molecule has 0 aromatic heterocycles. The molecular weight excluding hydrogens is 410 g/mol. The molecule has 1 spiro atoms. The number of aliphatic imine (C=N–C) groups is 1. The van der Waals surface area contributed by atoms with Gasteiger partial charge in [0.1, 0.15) is 17.1 Å². The van der Waals surface area contributed by atoms with Crippen LogP contribution >= 0.6 is 0 Å². The first-order valence-corrected chi connectivity index (χ1v) is 12.5. The summed E-state index contributed by atoms with van der Waals surface area (Å²) in [5.41, 5.74) is 4.04. The molecule has 0 aliphatic carbocycles. The minimum atomic E-state index is -0.250. The molecule has 2 aliphatic heterocycles. The topological polar surface area (TPSA) is 53.9 Å². The molecule has 1 aromatic carbocycles. The molecule has 5 heteroatoms. The van der Waals surface area contributed by atoms with E-state index in [0.29, 0.717) is 18.8 Å². The molecule has 5 nitrogen and oxygen atoms in total. The van der Waals surface area contributed by atoms with Crippen molar-refractivity contribution in [2.45, 2.75) is 64.9 Å². The van der Waals surface area contributed by atoms with Crippen LogP contribution in [-0.4, -0.2) is 48.3 Å². The third-order valence-electron chi connectivity index (χ3n) is 6.55. The van der Waals surface area contributed by atoms with Crippen LogP contribution < -0.4 is 10.1 Å². The molecule has 1 amide bonds. The number of benzene rings is 1. The van der Waals surface area contributed by atoms with Crippen molar-refractivity contribution in [3.8, 4) is 5.75 Å². The van der Waals surface area contributed by atoms with Crippen LogP contribution in [0.1, 0.15) is 64.0 Å². The predicted molar refractivity (Wildman–Crippen MR) is 138 cm³/mol. The monoisotopic (exact) mass is 449 g/mol. The number of amides is 1.